The molecule has 24 heavy (non-hydrogen) atoms. The van der Waals surface area contributed by atoms with Crippen LogP contribution in [0.5, 0.6) is 17.2 Å². The van der Waals surface area contributed by atoms with Crippen molar-refractivity contribution in [3.63, 3.8) is 0 Å². The van der Waals surface area contributed by atoms with Crippen molar-refractivity contribution >= 4 is 22.5 Å². The van der Waals surface area contributed by atoms with Crippen molar-refractivity contribution in [3.8, 4) is 17.2 Å². The first-order chi connectivity index (χ1) is 11.7. The molecule has 1 aliphatic heterocycles. The first-order valence-corrected chi connectivity index (χ1v) is 8.77. The van der Waals surface area contributed by atoms with Gasteiger partial charge in [0.1, 0.15) is 11.9 Å². The molecular formula is C20H18O3S. The minimum absolute atomic E-state index is 0.0850. The zero-order valence-corrected chi connectivity index (χ0v) is 14.3. The van der Waals surface area contributed by atoms with E-state index in [1.54, 1.807) is 13.2 Å². The molecule has 0 spiro atoms. The van der Waals surface area contributed by atoms with Gasteiger partial charge in [-0.05, 0) is 41.5 Å². The first-order valence-electron chi connectivity index (χ1n) is 7.89. The van der Waals surface area contributed by atoms with Crippen LogP contribution in [0.3, 0.4) is 0 Å². The van der Waals surface area contributed by atoms with Gasteiger partial charge in [0.2, 0.25) is 0 Å². The minimum atomic E-state index is -0.0850. The van der Waals surface area contributed by atoms with Crippen molar-refractivity contribution in [2.24, 2.45) is 0 Å². The Bertz CT molecular complexity index is 907. The average Bonchev–Trinajstić information content (AvgIpc) is 2.62. The lowest BCUT2D eigenvalue weighted by Gasteiger charge is -2.32. The molecule has 122 valence electrons. The van der Waals surface area contributed by atoms with Crippen LogP contribution in [0.25, 0.3) is 10.8 Å². The molecule has 0 saturated carbocycles. The Hall–Kier alpha value is -2.33. The van der Waals surface area contributed by atoms with E-state index in [1.807, 2.05) is 30.0 Å². The number of ether oxygens (including phenoxy) is 2. The number of benzene rings is 3. The average molecular weight is 338 g/mol. The van der Waals surface area contributed by atoms with Crippen molar-refractivity contribution in [1.29, 1.82) is 0 Å². The highest BCUT2D eigenvalue weighted by Gasteiger charge is 2.30. The molecule has 1 heterocycles. The highest BCUT2D eigenvalue weighted by molar-refractivity contribution is 8.00. The molecule has 3 aromatic rings. The molecule has 0 amide bonds. The van der Waals surface area contributed by atoms with Crippen LogP contribution >= 0.6 is 11.8 Å². The standard InChI is InChI=1S/C20H18O3S/c1-12-19(14-7-9-16(21)18(11-14)22-2)23-17-10-8-13-5-3-4-6-15(13)20(17)24-12/h3-12,19,21H,1-2H3/t12-,19+/m0/s1. The van der Waals surface area contributed by atoms with Crippen molar-refractivity contribution in [3.05, 3.63) is 60.2 Å². The third-order valence-corrected chi connectivity index (χ3v) is 5.64. The van der Waals surface area contributed by atoms with E-state index in [4.69, 9.17) is 9.47 Å². The number of aromatic hydroxyl groups is 1. The molecule has 0 aromatic heterocycles. The molecule has 3 nitrogen and oxygen atoms in total. The Morgan fingerprint density at radius 1 is 1.08 bits per heavy atom. The van der Waals surface area contributed by atoms with Gasteiger partial charge in [-0.3, -0.25) is 0 Å². The third kappa shape index (κ3) is 2.47. The van der Waals surface area contributed by atoms with Crippen LogP contribution in [0.2, 0.25) is 0 Å². The van der Waals surface area contributed by atoms with Crippen molar-refractivity contribution in [2.75, 3.05) is 7.11 Å². The predicted molar refractivity (Wildman–Crippen MR) is 97.3 cm³/mol. The van der Waals surface area contributed by atoms with Crippen LogP contribution in [-0.4, -0.2) is 17.5 Å². The Kier molecular flexibility index (Phi) is 3.77. The van der Waals surface area contributed by atoms with Crippen molar-refractivity contribution in [1.82, 2.24) is 0 Å². The lowest BCUT2D eigenvalue weighted by Crippen LogP contribution is -2.22. The number of phenols is 1. The van der Waals surface area contributed by atoms with Gasteiger partial charge in [-0.25, -0.2) is 0 Å². The van der Waals surface area contributed by atoms with Crippen molar-refractivity contribution < 1.29 is 14.6 Å². The quantitative estimate of drug-likeness (QED) is 0.700. The normalized spacial score (nSPS) is 19.6. The van der Waals surface area contributed by atoms with Gasteiger partial charge >= 0.3 is 0 Å². The molecule has 0 aliphatic carbocycles. The summed E-state index contributed by atoms with van der Waals surface area (Å²) in [6.07, 6.45) is -0.0850. The molecule has 0 radical (unpaired) electrons. The second kappa shape index (κ2) is 5.95. The maximum atomic E-state index is 9.80. The smallest absolute Gasteiger partial charge is 0.160 e. The predicted octanol–water partition coefficient (Wildman–Crippen LogP) is 5.17. The second-order valence-corrected chi connectivity index (χ2v) is 7.29. The van der Waals surface area contributed by atoms with Crippen LogP contribution in [0.4, 0.5) is 0 Å². The summed E-state index contributed by atoms with van der Waals surface area (Å²) in [5.74, 6) is 1.52. The summed E-state index contributed by atoms with van der Waals surface area (Å²) in [5, 5.41) is 12.5. The van der Waals surface area contributed by atoms with Gasteiger partial charge in [0.05, 0.1) is 12.0 Å². The lowest BCUT2D eigenvalue weighted by atomic mass is 10.1. The van der Waals surface area contributed by atoms with Gasteiger partial charge in [-0.1, -0.05) is 36.4 Å². The number of hydrogen-bond donors (Lipinski definition) is 1. The Morgan fingerprint density at radius 2 is 1.92 bits per heavy atom. The van der Waals surface area contributed by atoms with Crippen LogP contribution in [-0.2, 0) is 0 Å². The summed E-state index contributed by atoms with van der Waals surface area (Å²) in [6, 6.07) is 17.9. The summed E-state index contributed by atoms with van der Waals surface area (Å²) in [6.45, 7) is 2.17. The number of hydrogen-bond acceptors (Lipinski definition) is 4. The molecule has 0 saturated heterocycles. The number of methoxy groups -OCH3 is 1. The zero-order chi connectivity index (χ0) is 16.7. The Balaban J connectivity index is 1.75. The number of thioether (sulfide) groups is 1. The Morgan fingerprint density at radius 3 is 2.75 bits per heavy atom. The van der Waals surface area contributed by atoms with E-state index in [9.17, 15) is 5.11 Å². The van der Waals surface area contributed by atoms with Gasteiger partial charge in [0.25, 0.3) is 0 Å². The molecule has 1 N–H and O–H groups in total. The fourth-order valence-electron chi connectivity index (χ4n) is 3.13. The van der Waals surface area contributed by atoms with Crippen molar-refractivity contribution in [2.45, 2.75) is 23.2 Å². The number of rotatable bonds is 2. The first kappa shape index (κ1) is 15.2. The monoisotopic (exact) mass is 338 g/mol. The second-order valence-electron chi connectivity index (χ2n) is 5.91. The highest BCUT2D eigenvalue weighted by atomic mass is 32.2. The summed E-state index contributed by atoms with van der Waals surface area (Å²) in [4.78, 5) is 1.20. The molecule has 1 aliphatic rings. The summed E-state index contributed by atoms with van der Waals surface area (Å²) in [7, 11) is 1.56. The fourth-order valence-corrected chi connectivity index (χ4v) is 4.38. The van der Waals surface area contributed by atoms with Gasteiger partial charge in [-0.2, -0.15) is 0 Å². The Labute approximate surface area is 145 Å². The lowest BCUT2D eigenvalue weighted by molar-refractivity contribution is 0.195. The van der Waals surface area contributed by atoms with E-state index in [1.165, 1.54) is 15.7 Å². The van der Waals surface area contributed by atoms with Crippen LogP contribution in [0, 0.1) is 0 Å². The van der Waals surface area contributed by atoms with Crippen LogP contribution in [0.15, 0.2) is 59.5 Å². The number of phenolic OH excluding ortho intramolecular Hbond substituents is 1. The van der Waals surface area contributed by atoms with E-state index in [0.29, 0.717) is 5.75 Å². The van der Waals surface area contributed by atoms with Gasteiger partial charge in [0.15, 0.2) is 11.5 Å². The molecule has 4 rings (SSSR count). The van der Waals surface area contributed by atoms with E-state index in [0.717, 1.165) is 11.3 Å². The topological polar surface area (TPSA) is 38.7 Å². The minimum Gasteiger partial charge on any atom is -0.504 e. The van der Waals surface area contributed by atoms with Gasteiger partial charge in [-0.15, -0.1) is 11.8 Å². The highest BCUT2D eigenvalue weighted by Crippen LogP contribution is 2.48. The summed E-state index contributed by atoms with van der Waals surface area (Å²) in [5.41, 5.74) is 1.00. The van der Waals surface area contributed by atoms with E-state index < -0.39 is 0 Å². The molecule has 2 atom stereocenters. The molecule has 0 unspecified atom stereocenters. The molecule has 3 aromatic carbocycles. The van der Waals surface area contributed by atoms with Crippen LogP contribution in [0.1, 0.15) is 18.6 Å². The number of fused-ring (bicyclic) bond motifs is 3. The largest absolute Gasteiger partial charge is 0.504 e. The molecule has 4 heteroatoms. The van der Waals surface area contributed by atoms with E-state index in [2.05, 4.69) is 37.3 Å². The molecule has 0 bridgehead atoms. The zero-order valence-electron chi connectivity index (χ0n) is 13.5. The van der Waals surface area contributed by atoms with E-state index in [-0.39, 0.29) is 17.1 Å². The fraction of sp³-hybridized carbons (Fsp3) is 0.200. The van der Waals surface area contributed by atoms with Crippen LogP contribution < -0.4 is 9.47 Å². The van der Waals surface area contributed by atoms with Gasteiger partial charge < -0.3 is 14.6 Å². The molecular weight excluding hydrogens is 320 g/mol. The maximum Gasteiger partial charge on any atom is 0.160 e. The summed E-state index contributed by atoms with van der Waals surface area (Å²) < 4.78 is 11.5. The maximum absolute atomic E-state index is 9.80. The summed E-state index contributed by atoms with van der Waals surface area (Å²) >= 11 is 1.83. The van der Waals surface area contributed by atoms with Gasteiger partial charge in [0, 0.05) is 5.25 Å². The molecule has 0 fully saturated rings. The third-order valence-electron chi connectivity index (χ3n) is 4.36. The van der Waals surface area contributed by atoms with E-state index >= 15 is 0 Å². The SMILES string of the molecule is COc1cc([C@@H]2Oc3ccc4ccccc4c3S[C@H]2C)ccc1O.